The van der Waals surface area contributed by atoms with Crippen molar-refractivity contribution in [3.05, 3.63) is 17.6 Å². The van der Waals surface area contributed by atoms with Crippen LogP contribution in [-0.4, -0.2) is 26.6 Å². The number of carboxylic acid groups (broad SMARTS) is 1. The Morgan fingerprint density at radius 3 is 2.71 bits per heavy atom. The van der Waals surface area contributed by atoms with E-state index in [0.29, 0.717) is 24.5 Å². The zero-order valence-corrected chi connectivity index (χ0v) is 10.2. The smallest absolute Gasteiger partial charge is 0.329 e. The van der Waals surface area contributed by atoms with Crippen LogP contribution >= 0.6 is 0 Å². The molecular weight excluding hydrogens is 218 g/mol. The van der Waals surface area contributed by atoms with E-state index in [4.69, 9.17) is 0 Å². The lowest BCUT2D eigenvalue weighted by molar-refractivity contribution is -0.145. The van der Waals surface area contributed by atoms with Crippen LogP contribution < -0.4 is 5.32 Å². The van der Waals surface area contributed by atoms with E-state index in [9.17, 15) is 9.90 Å². The van der Waals surface area contributed by atoms with E-state index in [-0.39, 0.29) is 0 Å². The lowest BCUT2D eigenvalue weighted by Gasteiger charge is -2.38. The number of rotatable bonds is 4. The molecule has 1 heterocycles. The number of nitrogens with zero attached hydrogens (tertiary/aromatic N) is 2. The van der Waals surface area contributed by atoms with Crippen LogP contribution in [0.5, 0.6) is 0 Å². The normalized spacial score (nSPS) is 17.3. The summed E-state index contributed by atoms with van der Waals surface area (Å²) in [5.74, 6) is 0.501. The third-order valence-electron chi connectivity index (χ3n) is 3.24. The fourth-order valence-electron chi connectivity index (χ4n) is 2.04. The van der Waals surface area contributed by atoms with Crippen molar-refractivity contribution in [2.75, 3.05) is 5.32 Å². The molecule has 0 radical (unpaired) electrons. The molecule has 1 aromatic rings. The highest BCUT2D eigenvalue weighted by atomic mass is 16.4. The molecule has 0 atom stereocenters. The van der Waals surface area contributed by atoms with E-state index in [2.05, 4.69) is 15.3 Å². The summed E-state index contributed by atoms with van der Waals surface area (Å²) < 4.78 is 0. The van der Waals surface area contributed by atoms with Crippen LogP contribution in [0.15, 0.2) is 6.07 Å². The summed E-state index contributed by atoms with van der Waals surface area (Å²) in [5.41, 5.74) is 0.117. The number of aryl methyl sites for hydroxylation is 2. The van der Waals surface area contributed by atoms with Crippen molar-refractivity contribution in [2.24, 2.45) is 0 Å². The Labute approximate surface area is 100 Å². The standard InChI is InChI=1S/C12H17N3O2/c1-3-9-7-10(14-8(2)13-9)15-12(11(16)17)5-4-6-12/h7H,3-6H2,1-2H3,(H,16,17)(H,13,14,15). The van der Waals surface area contributed by atoms with Gasteiger partial charge < -0.3 is 10.4 Å². The Hall–Kier alpha value is -1.65. The van der Waals surface area contributed by atoms with Crippen LogP contribution in [0.25, 0.3) is 0 Å². The summed E-state index contributed by atoms with van der Waals surface area (Å²) >= 11 is 0. The molecule has 0 amide bonds. The maximum Gasteiger partial charge on any atom is 0.329 e. The molecule has 2 rings (SSSR count). The fraction of sp³-hybridized carbons (Fsp3) is 0.583. The SMILES string of the molecule is CCc1cc(NC2(C(=O)O)CCC2)nc(C)n1. The van der Waals surface area contributed by atoms with Crippen LogP contribution in [0.4, 0.5) is 5.82 Å². The molecule has 5 heteroatoms. The van der Waals surface area contributed by atoms with Crippen LogP contribution in [0, 0.1) is 6.92 Å². The number of carboxylic acids is 1. The maximum absolute atomic E-state index is 11.2. The highest BCUT2D eigenvalue weighted by Gasteiger charge is 2.44. The molecule has 0 aromatic carbocycles. The van der Waals surface area contributed by atoms with E-state index in [1.165, 1.54) is 0 Å². The van der Waals surface area contributed by atoms with Gasteiger partial charge in [-0.2, -0.15) is 0 Å². The van der Waals surface area contributed by atoms with Crippen LogP contribution in [0.1, 0.15) is 37.7 Å². The second-order valence-corrected chi connectivity index (χ2v) is 4.51. The summed E-state index contributed by atoms with van der Waals surface area (Å²) in [5, 5.41) is 12.3. The van der Waals surface area contributed by atoms with Gasteiger partial charge in [-0.1, -0.05) is 6.92 Å². The molecule has 0 aliphatic heterocycles. The first kappa shape index (κ1) is 11.8. The van der Waals surface area contributed by atoms with Gasteiger partial charge in [0.25, 0.3) is 0 Å². The second kappa shape index (κ2) is 4.31. The molecule has 0 unspecified atom stereocenters. The first-order chi connectivity index (χ1) is 8.05. The van der Waals surface area contributed by atoms with Gasteiger partial charge in [-0.15, -0.1) is 0 Å². The summed E-state index contributed by atoms with van der Waals surface area (Å²) in [4.78, 5) is 19.8. The first-order valence-corrected chi connectivity index (χ1v) is 5.92. The highest BCUT2D eigenvalue weighted by molar-refractivity contribution is 5.83. The number of carbonyl (C=O) groups is 1. The van der Waals surface area contributed by atoms with E-state index >= 15 is 0 Å². The fourth-order valence-corrected chi connectivity index (χ4v) is 2.04. The minimum absolute atomic E-state index is 0.622. The quantitative estimate of drug-likeness (QED) is 0.831. The van der Waals surface area contributed by atoms with E-state index < -0.39 is 11.5 Å². The van der Waals surface area contributed by atoms with Gasteiger partial charge in [-0.25, -0.2) is 14.8 Å². The van der Waals surface area contributed by atoms with Crippen molar-refractivity contribution < 1.29 is 9.90 Å². The Balaban J connectivity index is 2.23. The summed E-state index contributed by atoms with van der Waals surface area (Å²) in [6, 6.07) is 1.83. The van der Waals surface area contributed by atoms with Gasteiger partial charge in [0.05, 0.1) is 0 Å². The first-order valence-electron chi connectivity index (χ1n) is 5.92. The van der Waals surface area contributed by atoms with Gasteiger partial charge in [-0.3, -0.25) is 0 Å². The molecule has 92 valence electrons. The number of anilines is 1. The summed E-state index contributed by atoms with van der Waals surface area (Å²) in [7, 11) is 0. The second-order valence-electron chi connectivity index (χ2n) is 4.51. The largest absolute Gasteiger partial charge is 0.480 e. The number of hydrogen-bond donors (Lipinski definition) is 2. The van der Waals surface area contributed by atoms with Crippen molar-refractivity contribution >= 4 is 11.8 Å². The molecule has 0 spiro atoms. The van der Waals surface area contributed by atoms with E-state index in [0.717, 1.165) is 18.5 Å². The van der Waals surface area contributed by atoms with Crippen LogP contribution in [-0.2, 0) is 11.2 Å². The molecule has 0 bridgehead atoms. The Morgan fingerprint density at radius 2 is 2.24 bits per heavy atom. The Morgan fingerprint density at radius 1 is 1.53 bits per heavy atom. The zero-order valence-electron chi connectivity index (χ0n) is 10.2. The van der Waals surface area contributed by atoms with Crippen molar-refractivity contribution in [1.82, 2.24) is 9.97 Å². The third kappa shape index (κ3) is 2.23. The van der Waals surface area contributed by atoms with E-state index in [1.54, 1.807) is 0 Å². The molecule has 5 nitrogen and oxygen atoms in total. The molecule has 1 fully saturated rings. The Bertz CT molecular complexity index is 441. The van der Waals surface area contributed by atoms with Gasteiger partial charge in [0, 0.05) is 11.8 Å². The van der Waals surface area contributed by atoms with Gasteiger partial charge in [-0.05, 0) is 32.6 Å². The van der Waals surface area contributed by atoms with Crippen LogP contribution in [0.2, 0.25) is 0 Å². The lowest BCUT2D eigenvalue weighted by atomic mass is 9.77. The minimum Gasteiger partial charge on any atom is -0.480 e. The molecule has 0 saturated heterocycles. The van der Waals surface area contributed by atoms with Crippen molar-refractivity contribution in [3.63, 3.8) is 0 Å². The van der Waals surface area contributed by atoms with Crippen molar-refractivity contribution in [2.45, 2.75) is 45.1 Å². The van der Waals surface area contributed by atoms with Crippen molar-refractivity contribution in [3.8, 4) is 0 Å². The van der Waals surface area contributed by atoms with E-state index in [1.807, 2.05) is 19.9 Å². The Kier molecular flexibility index (Phi) is 3.00. The third-order valence-corrected chi connectivity index (χ3v) is 3.24. The van der Waals surface area contributed by atoms with Crippen molar-refractivity contribution in [1.29, 1.82) is 0 Å². The highest BCUT2D eigenvalue weighted by Crippen LogP contribution is 2.35. The molecule has 2 N–H and O–H groups in total. The average molecular weight is 235 g/mol. The van der Waals surface area contributed by atoms with Gasteiger partial charge in [0.1, 0.15) is 17.2 Å². The summed E-state index contributed by atoms with van der Waals surface area (Å²) in [6.45, 7) is 3.83. The molecule has 1 aliphatic carbocycles. The number of aliphatic carboxylic acids is 1. The molecule has 1 saturated carbocycles. The number of hydrogen-bond acceptors (Lipinski definition) is 4. The zero-order chi connectivity index (χ0) is 12.5. The topological polar surface area (TPSA) is 75.1 Å². The summed E-state index contributed by atoms with van der Waals surface area (Å²) in [6.07, 6.45) is 3.09. The lowest BCUT2D eigenvalue weighted by Crippen LogP contribution is -2.52. The van der Waals surface area contributed by atoms with Gasteiger partial charge in [0.2, 0.25) is 0 Å². The predicted octanol–water partition coefficient (Wildman–Crippen LogP) is 1.77. The maximum atomic E-state index is 11.2. The molecule has 1 aliphatic rings. The number of aromatic nitrogens is 2. The van der Waals surface area contributed by atoms with Gasteiger partial charge in [0.15, 0.2) is 0 Å². The monoisotopic (exact) mass is 235 g/mol. The average Bonchev–Trinajstić information content (AvgIpc) is 2.22. The minimum atomic E-state index is -0.814. The molecule has 17 heavy (non-hydrogen) atoms. The molecule has 1 aromatic heterocycles. The number of nitrogens with one attached hydrogen (secondary N) is 1. The van der Waals surface area contributed by atoms with Crippen LogP contribution in [0.3, 0.4) is 0 Å². The molecular formula is C12H17N3O2. The predicted molar refractivity (Wildman–Crippen MR) is 64.0 cm³/mol. The van der Waals surface area contributed by atoms with Gasteiger partial charge >= 0.3 is 5.97 Å².